The second-order valence-corrected chi connectivity index (χ2v) is 3.59. The molecule has 1 rings (SSSR count). The first-order valence-electron chi connectivity index (χ1n) is 5.20. The van der Waals surface area contributed by atoms with Crippen LogP contribution in [0.5, 0.6) is 0 Å². The van der Waals surface area contributed by atoms with Gasteiger partial charge in [0.1, 0.15) is 0 Å². The SMILES string of the molecule is COCCC(=O)Nc1cccc(C(C)O)c1. The highest BCUT2D eigenvalue weighted by molar-refractivity contribution is 5.90. The van der Waals surface area contributed by atoms with Gasteiger partial charge in [0.15, 0.2) is 0 Å². The van der Waals surface area contributed by atoms with E-state index in [0.29, 0.717) is 18.7 Å². The summed E-state index contributed by atoms with van der Waals surface area (Å²) in [7, 11) is 1.56. The Morgan fingerprint density at radius 2 is 2.31 bits per heavy atom. The van der Waals surface area contributed by atoms with Crippen molar-refractivity contribution in [1.82, 2.24) is 0 Å². The van der Waals surface area contributed by atoms with Crippen LogP contribution in [-0.2, 0) is 9.53 Å². The minimum atomic E-state index is -0.532. The standard InChI is InChI=1S/C12H17NO3/c1-9(14)10-4-3-5-11(8-10)13-12(15)6-7-16-2/h3-5,8-9,14H,6-7H2,1-2H3,(H,13,15). The third kappa shape index (κ3) is 4.00. The molecule has 0 aliphatic rings. The predicted molar refractivity (Wildman–Crippen MR) is 62.2 cm³/mol. The third-order valence-corrected chi connectivity index (χ3v) is 2.19. The lowest BCUT2D eigenvalue weighted by molar-refractivity contribution is -0.117. The molecule has 4 nitrogen and oxygen atoms in total. The molecule has 0 fully saturated rings. The minimum absolute atomic E-state index is 0.0930. The van der Waals surface area contributed by atoms with Crippen molar-refractivity contribution in [3.05, 3.63) is 29.8 Å². The molecule has 1 aromatic rings. The van der Waals surface area contributed by atoms with Crippen LogP contribution in [0.25, 0.3) is 0 Å². The Labute approximate surface area is 95.2 Å². The van der Waals surface area contributed by atoms with E-state index < -0.39 is 6.10 Å². The normalized spacial score (nSPS) is 12.2. The van der Waals surface area contributed by atoms with Gasteiger partial charge in [0.25, 0.3) is 0 Å². The van der Waals surface area contributed by atoms with E-state index in [1.807, 2.05) is 6.07 Å². The maximum Gasteiger partial charge on any atom is 0.226 e. The lowest BCUT2D eigenvalue weighted by Gasteiger charge is -2.08. The summed E-state index contributed by atoms with van der Waals surface area (Å²) in [4.78, 5) is 11.4. The first-order chi connectivity index (χ1) is 7.63. The Kier molecular flexibility index (Phi) is 4.95. The fraction of sp³-hybridized carbons (Fsp3) is 0.417. The van der Waals surface area contributed by atoms with Crippen molar-refractivity contribution in [2.75, 3.05) is 19.0 Å². The molecular formula is C12H17NO3. The van der Waals surface area contributed by atoms with Gasteiger partial charge in [0.05, 0.1) is 19.1 Å². The van der Waals surface area contributed by atoms with Crippen molar-refractivity contribution >= 4 is 11.6 Å². The van der Waals surface area contributed by atoms with Crippen molar-refractivity contribution in [3.63, 3.8) is 0 Å². The molecule has 0 aromatic heterocycles. The molecule has 0 radical (unpaired) electrons. The Morgan fingerprint density at radius 1 is 1.56 bits per heavy atom. The summed E-state index contributed by atoms with van der Waals surface area (Å²) in [5, 5.41) is 12.1. The molecule has 88 valence electrons. The van der Waals surface area contributed by atoms with Crippen molar-refractivity contribution in [2.24, 2.45) is 0 Å². The number of amides is 1. The maximum absolute atomic E-state index is 11.4. The molecule has 0 heterocycles. The second-order valence-electron chi connectivity index (χ2n) is 3.59. The van der Waals surface area contributed by atoms with E-state index in [1.54, 1.807) is 32.2 Å². The first kappa shape index (κ1) is 12.7. The van der Waals surface area contributed by atoms with E-state index in [4.69, 9.17) is 4.74 Å². The van der Waals surface area contributed by atoms with Crippen LogP contribution < -0.4 is 5.32 Å². The summed E-state index contributed by atoms with van der Waals surface area (Å²) in [6.07, 6.45) is -0.203. The lowest BCUT2D eigenvalue weighted by Crippen LogP contribution is -2.13. The Morgan fingerprint density at radius 3 is 2.94 bits per heavy atom. The number of nitrogens with one attached hydrogen (secondary N) is 1. The number of aliphatic hydroxyl groups excluding tert-OH is 1. The number of hydrogen-bond donors (Lipinski definition) is 2. The summed E-state index contributed by atoms with van der Waals surface area (Å²) in [5.41, 5.74) is 1.48. The molecule has 1 amide bonds. The van der Waals surface area contributed by atoms with E-state index in [1.165, 1.54) is 0 Å². The monoisotopic (exact) mass is 223 g/mol. The zero-order chi connectivity index (χ0) is 12.0. The molecule has 2 N–H and O–H groups in total. The predicted octanol–water partition coefficient (Wildman–Crippen LogP) is 1.71. The molecule has 1 unspecified atom stereocenters. The number of anilines is 1. The fourth-order valence-corrected chi connectivity index (χ4v) is 1.29. The molecule has 4 heteroatoms. The molecule has 1 atom stereocenters. The number of carbonyl (C=O) groups is 1. The molecule has 1 aromatic carbocycles. The van der Waals surface area contributed by atoms with Gasteiger partial charge in [-0.15, -0.1) is 0 Å². The van der Waals surface area contributed by atoms with E-state index in [0.717, 1.165) is 5.56 Å². The van der Waals surface area contributed by atoms with Gasteiger partial charge in [-0.2, -0.15) is 0 Å². The largest absolute Gasteiger partial charge is 0.389 e. The minimum Gasteiger partial charge on any atom is -0.389 e. The Balaban J connectivity index is 2.59. The highest BCUT2D eigenvalue weighted by atomic mass is 16.5. The van der Waals surface area contributed by atoms with Gasteiger partial charge in [-0.25, -0.2) is 0 Å². The van der Waals surface area contributed by atoms with Crippen molar-refractivity contribution < 1.29 is 14.6 Å². The molecular weight excluding hydrogens is 206 g/mol. The Hall–Kier alpha value is -1.39. The topological polar surface area (TPSA) is 58.6 Å². The van der Waals surface area contributed by atoms with Crippen molar-refractivity contribution in [3.8, 4) is 0 Å². The van der Waals surface area contributed by atoms with Crippen molar-refractivity contribution in [2.45, 2.75) is 19.4 Å². The third-order valence-electron chi connectivity index (χ3n) is 2.19. The molecule has 0 aliphatic carbocycles. The summed E-state index contributed by atoms with van der Waals surface area (Å²) in [5.74, 6) is -0.0930. The van der Waals surface area contributed by atoms with Crippen LogP contribution in [0.15, 0.2) is 24.3 Å². The number of aliphatic hydroxyl groups is 1. The zero-order valence-corrected chi connectivity index (χ0v) is 9.56. The van der Waals surface area contributed by atoms with Crippen molar-refractivity contribution in [1.29, 1.82) is 0 Å². The van der Waals surface area contributed by atoms with Crippen LogP contribution in [-0.4, -0.2) is 24.7 Å². The summed E-state index contributed by atoms with van der Waals surface area (Å²) < 4.78 is 4.81. The molecule has 0 saturated heterocycles. The second kappa shape index (κ2) is 6.25. The average molecular weight is 223 g/mol. The molecule has 16 heavy (non-hydrogen) atoms. The van der Waals surface area contributed by atoms with Gasteiger partial charge in [0, 0.05) is 12.8 Å². The number of methoxy groups -OCH3 is 1. The van der Waals surface area contributed by atoms with Crippen LogP contribution in [0.1, 0.15) is 25.0 Å². The van der Waals surface area contributed by atoms with Gasteiger partial charge in [0.2, 0.25) is 5.91 Å². The number of carbonyl (C=O) groups excluding carboxylic acids is 1. The highest BCUT2D eigenvalue weighted by Gasteiger charge is 2.04. The molecule has 0 bridgehead atoms. The van der Waals surface area contributed by atoms with Gasteiger partial charge < -0.3 is 15.2 Å². The van der Waals surface area contributed by atoms with Gasteiger partial charge in [-0.1, -0.05) is 12.1 Å². The first-order valence-corrected chi connectivity index (χ1v) is 5.20. The molecule has 0 aliphatic heterocycles. The smallest absolute Gasteiger partial charge is 0.226 e. The van der Waals surface area contributed by atoms with E-state index >= 15 is 0 Å². The quantitative estimate of drug-likeness (QED) is 0.799. The lowest BCUT2D eigenvalue weighted by atomic mass is 10.1. The van der Waals surface area contributed by atoms with E-state index in [9.17, 15) is 9.90 Å². The molecule has 0 saturated carbocycles. The summed E-state index contributed by atoms with van der Waals surface area (Å²) in [6.45, 7) is 2.09. The van der Waals surface area contributed by atoms with Gasteiger partial charge >= 0.3 is 0 Å². The summed E-state index contributed by atoms with van der Waals surface area (Å²) in [6, 6.07) is 7.16. The van der Waals surface area contributed by atoms with Crippen LogP contribution in [0, 0.1) is 0 Å². The van der Waals surface area contributed by atoms with E-state index in [2.05, 4.69) is 5.32 Å². The zero-order valence-electron chi connectivity index (χ0n) is 9.56. The van der Waals surface area contributed by atoms with Crippen LogP contribution in [0.3, 0.4) is 0 Å². The van der Waals surface area contributed by atoms with Crippen LogP contribution in [0.4, 0.5) is 5.69 Å². The van der Waals surface area contributed by atoms with Crippen LogP contribution >= 0.6 is 0 Å². The summed E-state index contributed by atoms with van der Waals surface area (Å²) >= 11 is 0. The number of hydrogen-bond acceptors (Lipinski definition) is 3. The highest BCUT2D eigenvalue weighted by Crippen LogP contribution is 2.16. The van der Waals surface area contributed by atoms with Gasteiger partial charge in [-0.3, -0.25) is 4.79 Å². The average Bonchev–Trinajstić information content (AvgIpc) is 2.26. The number of ether oxygens (including phenoxy) is 1. The van der Waals surface area contributed by atoms with Gasteiger partial charge in [-0.05, 0) is 24.6 Å². The molecule has 0 spiro atoms. The van der Waals surface area contributed by atoms with Crippen LogP contribution in [0.2, 0.25) is 0 Å². The number of benzene rings is 1. The number of rotatable bonds is 5. The Bertz CT molecular complexity index is 350. The fourth-order valence-electron chi connectivity index (χ4n) is 1.29. The maximum atomic E-state index is 11.4. The van der Waals surface area contributed by atoms with E-state index in [-0.39, 0.29) is 5.91 Å².